The summed E-state index contributed by atoms with van der Waals surface area (Å²) in [7, 11) is 0. The number of carbonyl (C=O) groups is 2. The zero-order chi connectivity index (χ0) is 10.7. The molecule has 0 aliphatic heterocycles. The van der Waals surface area contributed by atoms with Crippen molar-refractivity contribution < 1.29 is 9.59 Å². The Hall–Kier alpha value is -0.870. The van der Waals surface area contributed by atoms with E-state index in [9.17, 15) is 9.59 Å². The monoisotopic (exact) mass is 231 g/mol. The van der Waals surface area contributed by atoms with Gasteiger partial charge in [-0.1, -0.05) is 11.6 Å². The Kier molecular flexibility index (Phi) is 3.66. The van der Waals surface area contributed by atoms with Gasteiger partial charge in [0.25, 0.3) is 5.91 Å². The molecule has 0 unspecified atom stereocenters. The highest BCUT2D eigenvalue weighted by Crippen LogP contribution is 2.26. The standard InChI is InChI=1S/C9H10ClNO2S/c1-5-4-14-8(7(5)10)9(13)11-3-6(2)12/h4H,3H2,1-2H3,(H,11,13). The van der Waals surface area contributed by atoms with Crippen LogP contribution in [-0.2, 0) is 4.79 Å². The van der Waals surface area contributed by atoms with Crippen LogP contribution in [0, 0.1) is 6.92 Å². The van der Waals surface area contributed by atoms with E-state index in [4.69, 9.17) is 11.6 Å². The Bertz CT molecular complexity index is 373. The smallest absolute Gasteiger partial charge is 0.263 e. The first-order chi connectivity index (χ1) is 6.52. The number of aryl methyl sites for hydroxylation is 1. The molecule has 5 heteroatoms. The van der Waals surface area contributed by atoms with Crippen molar-refractivity contribution in [1.82, 2.24) is 5.32 Å². The molecule has 1 amide bonds. The zero-order valence-electron chi connectivity index (χ0n) is 7.89. The molecule has 0 saturated carbocycles. The Balaban J connectivity index is 2.70. The van der Waals surface area contributed by atoms with Crippen molar-refractivity contribution in [2.45, 2.75) is 13.8 Å². The predicted octanol–water partition coefficient (Wildman–Crippen LogP) is 2.03. The molecule has 14 heavy (non-hydrogen) atoms. The summed E-state index contributed by atoms with van der Waals surface area (Å²) in [5, 5.41) is 4.77. The van der Waals surface area contributed by atoms with Crippen molar-refractivity contribution >= 4 is 34.6 Å². The Morgan fingerprint density at radius 3 is 2.64 bits per heavy atom. The maximum Gasteiger partial charge on any atom is 0.263 e. The molecule has 0 bridgehead atoms. The van der Waals surface area contributed by atoms with Gasteiger partial charge in [-0.25, -0.2) is 0 Å². The second-order valence-electron chi connectivity index (χ2n) is 2.95. The van der Waals surface area contributed by atoms with E-state index in [2.05, 4.69) is 5.32 Å². The summed E-state index contributed by atoms with van der Waals surface area (Å²) in [6.45, 7) is 3.30. The van der Waals surface area contributed by atoms with Crippen LogP contribution in [0.5, 0.6) is 0 Å². The number of carbonyl (C=O) groups excluding carboxylic acids is 2. The van der Waals surface area contributed by atoms with Gasteiger partial charge in [-0.3, -0.25) is 9.59 Å². The molecule has 1 rings (SSSR count). The largest absolute Gasteiger partial charge is 0.344 e. The summed E-state index contributed by atoms with van der Waals surface area (Å²) in [6, 6.07) is 0. The van der Waals surface area contributed by atoms with Crippen molar-refractivity contribution in [2.75, 3.05) is 6.54 Å². The Morgan fingerprint density at radius 2 is 2.21 bits per heavy atom. The van der Waals surface area contributed by atoms with Crippen molar-refractivity contribution in [2.24, 2.45) is 0 Å². The van der Waals surface area contributed by atoms with Crippen molar-refractivity contribution in [3.63, 3.8) is 0 Å². The van der Waals surface area contributed by atoms with Gasteiger partial charge in [0.05, 0.1) is 11.6 Å². The summed E-state index contributed by atoms with van der Waals surface area (Å²) in [6.07, 6.45) is 0. The topological polar surface area (TPSA) is 46.2 Å². The molecule has 1 N–H and O–H groups in total. The minimum atomic E-state index is -0.289. The number of thiophene rings is 1. The summed E-state index contributed by atoms with van der Waals surface area (Å²) in [5.41, 5.74) is 0.879. The normalized spacial score (nSPS) is 9.93. The number of hydrogen-bond donors (Lipinski definition) is 1. The first kappa shape index (κ1) is 11.2. The maximum absolute atomic E-state index is 11.4. The van der Waals surface area contributed by atoms with Gasteiger partial charge in [-0.05, 0) is 24.8 Å². The van der Waals surface area contributed by atoms with Crippen molar-refractivity contribution in [3.8, 4) is 0 Å². The van der Waals surface area contributed by atoms with Crippen LogP contribution in [0.2, 0.25) is 5.02 Å². The highest BCUT2D eigenvalue weighted by atomic mass is 35.5. The Labute approximate surface area is 91.1 Å². The van der Waals surface area contributed by atoms with Crippen LogP contribution in [-0.4, -0.2) is 18.2 Å². The molecule has 0 atom stereocenters. The lowest BCUT2D eigenvalue weighted by Gasteiger charge is -2.00. The molecule has 0 spiro atoms. The lowest BCUT2D eigenvalue weighted by molar-refractivity contribution is -0.116. The molecule has 3 nitrogen and oxygen atoms in total. The predicted molar refractivity (Wildman–Crippen MR) is 57.1 cm³/mol. The second kappa shape index (κ2) is 4.57. The van der Waals surface area contributed by atoms with Crippen LogP contribution in [0.25, 0.3) is 0 Å². The number of amides is 1. The molecule has 0 aliphatic rings. The molecule has 0 fully saturated rings. The lowest BCUT2D eigenvalue weighted by atomic mass is 10.3. The van der Waals surface area contributed by atoms with Crippen LogP contribution in [0.15, 0.2) is 5.38 Å². The highest BCUT2D eigenvalue weighted by molar-refractivity contribution is 7.13. The van der Waals surface area contributed by atoms with Crippen LogP contribution in [0.1, 0.15) is 22.2 Å². The third-order valence-corrected chi connectivity index (χ3v) is 3.30. The van der Waals surface area contributed by atoms with Gasteiger partial charge in [0.15, 0.2) is 0 Å². The van der Waals surface area contributed by atoms with E-state index in [1.165, 1.54) is 18.3 Å². The lowest BCUT2D eigenvalue weighted by Crippen LogP contribution is -2.27. The van der Waals surface area contributed by atoms with Crippen LogP contribution in [0.4, 0.5) is 0 Å². The third kappa shape index (κ3) is 2.56. The van der Waals surface area contributed by atoms with Crippen LogP contribution in [0.3, 0.4) is 0 Å². The van der Waals surface area contributed by atoms with Gasteiger partial charge in [0.1, 0.15) is 10.7 Å². The maximum atomic E-state index is 11.4. The van der Waals surface area contributed by atoms with Crippen molar-refractivity contribution in [3.05, 3.63) is 20.8 Å². The average molecular weight is 232 g/mol. The van der Waals surface area contributed by atoms with Gasteiger partial charge in [0.2, 0.25) is 0 Å². The minimum Gasteiger partial charge on any atom is -0.344 e. The average Bonchev–Trinajstić information content (AvgIpc) is 2.44. The fourth-order valence-electron chi connectivity index (χ4n) is 0.868. The minimum absolute atomic E-state index is 0.0477. The van der Waals surface area contributed by atoms with Gasteiger partial charge >= 0.3 is 0 Å². The zero-order valence-corrected chi connectivity index (χ0v) is 9.46. The molecule has 0 aliphatic carbocycles. The van der Waals surface area contributed by atoms with E-state index < -0.39 is 0 Å². The molecule has 1 aromatic heterocycles. The van der Waals surface area contributed by atoms with E-state index in [1.807, 2.05) is 12.3 Å². The van der Waals surface area contributed by atoms with E-state index in [0.717, 1.165) is 5.56 Å². The fraction of sp³-hybridized carbons (Fsp3) is 0.333. The SMILES string of the molecule is CC(=O)CNC(=O)c1scc(C)c1Cl. The van der Waals surface area contributed by atoms with E-state index in [-0.39, 0.29) is 18.2 Å². The van der Waals surface area contributed by atoms with E-state index in [0.29, 0.717) is 9.90 Å². The molecule has 76 valence electrons. The van der Waals surface area contributed by atoms with Crippen LogP contribution < -0.4 is 5.32 Å². The number of nitrogens with one attached hydrogen (secondary N) is 1. The first-order valence-electron chi connectivity index (χ1n) is 4.03. The molecule has 1 aromatic rings. The molecule has 1 heterocycles. The first-order valence-corrected chi connectivity index (χ1v) is 5.29. The summed E-state index contributed by atoms with van der Waals surface area (Å²) < 4.78 is 0. The molecular weight excluding hydrogens is 222 g/mol. The van der Waals surface area contributed by atoms with Gasteiger partial charge < -0.3 is 5.32 Å². The van der Waals surface area contributed by atoms with Crippen LogP contribution >= 0.6 is 22.9 Å². The quantitative estimate of drug-likeness (QED) is 0.865. The number of rotatable bonds is 3. The van der Waals surface area contributed by atoms with Gasteiger partial charge in [0, 0.05) is 0 Å². The number of halogens is 1. The number of Topliss-reactive ketones (excluding diaryl/α,β-unsaturated/α-hetero) is 1. The Morgan fingerprint density at radius 1 is 1.57 bits per heavy atom. The van der Waals surface area contributed by atoms with E-state index in [1.54, 1.807) is 0 Å². The third-order valence-electron chi connectivity index (χ3n) is 1.60. The fourth-order valence-corrected chi connectivity index (χ4v) is 2.06. The molecule has 0 aromatic carbocycles. The van der Waals surface area contributed by atoms with E-state index >= 15 is 0 Å². The number of hydrogen-bond acceptors (Lipinski definition) is 3. The molecule has 0 saturated heterocycles. The summed E-state index contributed by atoms with van der Waals surface area (Å²) >= 11 is 7.16. The summed E-state index contributed by atoms with van der Waals surface area (Å²) in [5.74, 6) is -0.369. The summed E-state index contributed by atoms with van der Waals surface area (Å²) in [4.78, 5) is 22.5. The second-order valence-corrected chi connectivity index (χ2v) is 4.20. The molecule has 0 radical (unpaired) electrons. The number of ketones is 1. The molecular formula is C9H10ClNO2S. The van der Waals surface area contributed by atoms with Crippen molar-refractivity contribution in [1.29, 1.82) is 0 Å². The highest BCUT2D eigenvalue weighted by Gasteiger charge is 2.14. The van der Waals surface area contributed by atoms with Gasteiger partial charge in [-0.2, -0.15) is 0 Å². The van der Waals surface area contributed by atoms with Gasteiger partial charge in [-0.15, -0.1) is 11.3 Å².